The van der Waals surface area contributed by atoms with Crippen molar-refractivity contribution >= 4 is 41.7 Å². The summed E-state index contributed by atoms with van der Waals surface area (Å²) in [6.07, 6.45) is 6.80. The number of imidazole rings is 1. The second kappa shape index (κ2) is 10.5. The van der Waals surface area contributed by atoms with Gasteiger partial charge in [0.15, 0.2) is 0 Å². The van der Waals surface area contributed by atoms with Crippen molar-refractivity contribution in [1.29, 1.82) is 0 Å². The lowest BCUT2D eigenvalue weighted by Gasteiger charge is -2.40. The van der Waals surface area contributed by atoms with E-state index in [0.29, 0.717) is 52.8 Å². The van der Waals surface area contributed by atoms with Crippen LogP contribution >= 0.6 is 11.6 Å². The highest BCUT2D eigenvalue weighted by molar-refractivity contribution is 6.76. The molecule has 3 heterocycles. The molecule has 1 aliphatic carbocycles. The first-order valence-corrected chi connectivity index (χ1v) is 18.0. The Morgan fingerprint density at radius 2 is 1.88 bits per heavy atom. The zero-order chi connectivity index (χ0) is 28.9. The maximum atomic E-state index is 10.1. The van der Waals surface area contributed by atoms with E-state index in [4.69, 9.17) is 26.1 Å². The smallest absolute Gasteiger partial charge is 0.148 e. The summed E-state index contributed by atoms with van der Waals surface area (Å²) >= 11 is 6.83. The van der Waals surface area contributed by atoms with E-state index in [-0.39, 0.29) is 6.04 Å². The number of halogens is 1. The molecular weight excluding hydrogens is 556 g/mol. The van der Waals surface area contributed by atoms with Crippen molar-refractivity contribution in [2.45, 2.75) is 70.7 Å². The topological polar surface area (TPSA) is 100 Å². The Morgan fingerprint density at radius 3 is 2.63 bits per heavy atom. The number of aromatic nitrogens is 6. The molecule has 1 fully saturated rings. The van der Waals surface area contributed by atoms with Crippen LogP contribution in [0.25, 0.3) is 33.3 Å². The van der Waals surface area contributed by atoms with Gasteiger partial charge in [-0.3, -0.25) is 9.67 Å². The fourth-order valence-electron chi connectivity index (χ4n) is 5.17. The molecule has 0 amide bonds. The number of benzene rings is 2. The van der Waals surface area contributed by atoms with E-state index < -0.39 is 13.7 Å². The summed E-state index contributed by atoms with van der Waals surface area (Å²) in [7, 11) is -1.16. The Balaban J connectivity index is 1.23. The van der Waals surface area contributed by atoms with E-state index in [1.807, 2.05) is 55.1 Å². The van der Waals surface area contributed by atoms with Crippen LogP contribution in [0, 0.1) is 6.92 Å². The van der Waals surface area contributed by atoms with E-state index >= 15 is 0 Å². The lowest BCUT2D eigenvalue weighted by molar-refractivity contribution is -0.0543. The van der Waals surface area contributed by atoms with Gasteiger partial charge in [-0.15, -0.1) is 0 Å². The SMILES string of the molecule is Cc1nc2ccc(Oc3ccc4ncc(-c5cnn(C6CC(C)(O)C6)c5)nc4c3Cl)cc2n1COCC[Si](C)(C)C. The zero-order valence-electron chi connectivity index (χ0n) is 24.1. The second-order valence-electron chi connectivity index (χ2n) is 12.5. The van der Waals surface area contributed by atoms with Crippen LogP contribution in [0.2, 0.25) is 30.7 Å². The minimum atomic E-state index is -1.16. The van der Waals surface area contributed by atoms with Crippen LogP contribution in [-0.4, -0.2) is 54.7 Å². The molecule has 0 bridgehead atoms. The lowest BCUT2D eigenvalue weighted by atomic mass is 9.77. The Bertz CT molecular complexity index is 1730. The Labute approximate surface area is 245 Å². The van der Waals surface area contributed by atoms with Crippen molar-refractivity contribution in [1.82, 2.24) is 29.3 Å². The summed E-state index contributed by atoms with van der Waals surface area (Å²) in [5.74, 6) is 2.03. The van der Waals surface area contributed by atoms with E-state index in [9.17, 15) is 5.11 Å². The largest absolute Gasteiger partial charge is 0.456 e. The van der Waals surface area contributed by atoms with Gasteiger partial charge >= 0.3 is 0 Å². The molecule has 214 valence electrons. The summed E-state index contributed by atoms with van der Waals surface area (Å²) in [6.45, 7) is 12.1. The van der Waals surface area contributed by atoms with Crippen LogP contribution in [0.15, 0.2) is 48.9 Å². The molecule has 41 heavy (non-hydrogen) atoms. The van der Waals surface area contributed by atoms with Gasteiger partial charge < -0.3 is 19.1 Å². The van der Waals surface area contributed by atoms with E-state index in [1.54, 1.807) is 12.4 Å². The quantitative estimate of drug-likeness (QED) is 0.146. The molecule has 5 aromatic rings. The summed E-state index contributed by atoms with van der Waals surface area (Å²) in [6, 6.07) is 10.8. The average molecular weight is 591 g/mol. The fourth-order valence-corrected chi connectivity index (χ4v) is 6.16. The van der Waals surface area contributed by atoms with E-state index in [0.717, 1.165) is 35.1 Å². The number of rotatable bonds is 9. The first kappa shape index (κ1) is 27.8. The number of hydrogen-bond acceptors (Lipinski definition) is 7. The van der Waals surface area contributed by atoms with Crippen molar-refractivity contribution in [3.63, 3.8) is 0 Å². The van der Waals surface area contributed by atoms with Crippen LogP contribution in [0.1, 0.15) is 31.6 Å². The van der Waals surface area contributed by atoms with Crippen molar-refractivity contribution in [2.24, 2.45) is 0 Å². The molecule has 1 N–H and O–H groups in total. The number of nitrogens with zero attached hydrogens (tertiary/aromatic N) is 6. The van der Waals surface area contributed by atoms with Crippen LogP contribution < -0.4 is 4.74 Å². The van der Waals surface area contributed by atoms with Crippen LogP contribution in [0.3, 0.4) is 0 Å². The Morgan fingerprint density at radius 1 is 1.10 bits per heavy atom. The molecule has 1 aliphatic rings. The average Bonchev–Trinajstić information content (AvgIpc) is 3.50. The fraction of sp³-hybridized carbons (Fsp3) is 0.400. The van der Waals surface area contributed by atoms with Crippen LogP contribution in [0.4, 0.5) is 0 Å². The molecular formula is C30H35ClN6O3Si. The predicted molar refractivity (Wildman–Crippen MR) is 163 cm³/mol. The van der Waals surface area contributed by atoms with Crippen molar-refractivity contribution in [3.8, 4) is 22.8 Å². The first-order valence-electron chi connectivity index (χ1n) is 13.9. The maximum Gasteiger partial charge on any atom is 0.148 e. The molecule has 0 saturated heterocycles. The number of hydrogen-bond donors (Lipinski definition) is 1. The molecule has 0 unspecified atom stereocenters. The molecule has 0 spiro atoms. The lowest BCUT2D eigenvalue weighted by Crippen LogP contribution is -2.42. The Hall–Kier alpha value is -3.31. The molecule has 6 rings (SSSR count). The molecule has 3 aromatic heterocycles. The number of fused-ring (bicyclic) bond motifs is 2. The third kappa shape index (κ3) is 5.87. The van der Waals surface area contributed by atoms with Crippen molar-refractivity contribution in [2.75, 3.05) is 6.61 Å². The van der Waals surface area contributed by atoms with Gasteiger partial charge in [0.1, 0.15) is 34.6 Å². The Kier molecular flexibility index (Phi) is 7.13. The molecule has 0 atom stereocenters. The minimum absolute atomic E-state index is 0.185. The standard InChI is InChI=1S/C30H35ClN6O3Si/c1-19-34-23-7-6-22(12-26(23)36(19)18-39-10-11-41(3,4)5)40-27-9-8-24-29(28(27)31)35-25(16-32-24)20-15-33-37(17-20)21-13-30(2,38)14-21/h6-9,12,15-17,21,38H,10-11,13-14,18H2,1-5H3. The van der Waals surface area contributed by atoms with Gasteiger partial charge in [-0.25, -0.2) is 9.97 Å². The third-order valence-corrected chi connectivity index (χ3v) is 9.66. The van der Waals surface area contributed by atoms with Gasteiger partial charge in [0.05, 0.1) is 46.3 Å². The molecule has 0 radical (unpaired) electrons. The van der Waals surface area contributed by atoms with Gasteiger partial charge in [0, 0.05) is 32.5 Å². The zero-order valence-corrected chi connectivity index (χ0v) is 25.8. The highest BCUT2D eigenvalue weighted by Crippen LogP contribution is 2.41. The molecule has 11 heteroatoms. The molecule has 0 aliphatic heterocycles. The predicted octanol–water partition coefficient (Wildman–Crippen LogP) is 7.00. The summed E-state index contributed by atoms with van der Waals surface area (Å²) < 4.78 is 16.2. The van der Waals surface area contributed by atoms with E-state index in [1.165, 1.54) is 0 Å². The number of ether oxygens (including phenoxy) is 2. The first-order chi connectivity index (χ1) is 19.5. The highest BCUT2D eigenvalue weighted by atomic mass is 35.5. The van der Waals surface area contributed by atoms with Crippen molar-refractivity contribution < 1.29 is 14.6 Å². The summed E-state index contributed by atoms with van der Waals surface area (Å²) in [4.78, 5) is 14.1. The molecule has 1 saturated carbocycles. The summed E-state index contributed by atoms with van der Waals surface area (Å²) in [5, 5.41) is 15.0. The van der Waals surface area contributed by atoms with Gasteiger partial charge in [-0.1, -0.05) is 31.2 Å². The molecule has 9 nitrogen and oxygen atoms in total. The number of aliphatic hydroxyl groups is 1. The highest BCUT2D eigenvalue weighted by Gasteiger charge is 2.39. The maximum absolute atomic E-state index is 10.1. The van der Waals surface area contributed by atoms with Gasteiger partial charge in [0.25, 0.3) is 0 Å². The van der Waals surface area contributed by atoms with Crippen molar-refractivity contribution in [3.05, 3.63) is 59.8 Å². The van der Waals surface area contributed by atoms with Crippen LogP contribution in [0.5, 0.6) is 11.5 Å². The second-order valence-corrected chi connectivity index (χ2v) is 18.5. The summed E-state index contributed by atoms with van der Waals surface area (Å²) in [5.41, 5.74) is 3.95. The van der Waals surface area contributed by atoms with Gasteiger partial charge in [-0.2, -0.15) is 5.10 Å². The normalized spacial score (nSPS) is 19.1. The van der Waals surface area contributed by atoms with Gasteiger partial charge in [-0.05, 0) is 57.0 Å². The minimum Gasteiger partial charge on any atom is -0.456 e. The number of aryl methyl sites for hydroxylation is 1. The monoisotopic (exact) mass is 590 g/mol. The third-order valence-electron chi connectivity index (χ3n) is 7.59. The van der Waals surface area contributed by atoms with E-state index in [2.05, 4.69) is 39.3 Å². The van der Waals surface area contributed by atoms with Gasteiger partial charge in [0.2, 0.25) is 0 Å². The van der Waals surface area contributed by atoms with Crippen LogP contribution in [-0.2, 0) is 11.5 Å². The molecule has 2 aromatic carbocycles.